The van der Waals surface area contributed by atoms with E-state index in [-0.39, 0.29) is 59.8 Å². The van der Waals surface area contributed by atoms with E-state index in [1.807, 2.05) is 24.3 Å². The number of hydrogen-bond acceptors (Lipinski definition) is 12. The molecule has 5 atom stereocenters. The van der Waals surface area contributed by atoms with Crippen molar-refractivity contribution in [3.63, 3.8) is 0 Å². The number of carbonyl (C=O) groups is 3. The van der Waals surface area contributed by atoms with E-state index in [9.17, 15) is 28.0 Å². The van der Waals surface area contributed by atoms with Crippen molar-refractivity contribution in [3.8, 4) is 0 Å². The molecule has 2 N–H and O–H groups in total. The molecule has 5 aliphatic heterocycles. The molecule has 9 heterocycles. The summed E-state index contributed by atoms with van der Waals surface area (Å²) in [7, 11) is 1.69. The van der Waals surface area contributed by atoms with Crippen molar-refractivity contribution in [2.24, 2.45) is 18.9 Å². The van der Waals surface area contributed by atoms with Crippen LogP contribution in [0.1, 0.15) is 85.9 Å². The number of nitrogens with zero attached hydrogens (tertiary/aromatic N) is 10. The van der Waals surface area contributed by atoms with Crippen molar-refractivity contribution in [1.29, 1.82) is 0 Å². The Morgan fingerprint density at radius 3 is 2.59 bits per heavy atom. The number of carbonyl (C=O) groups excluding carboxylic acids is 3. The Bertz CT molecular complexity index is 2740. The molecule has 1 aromatic carbocycles. The van der Waals surface area contributed by atoms with Gasteiger partial charge < -0.3 is 24.6 Å². The molecule has 2 bridgehead atoms. The standard InChI is InChI=1S/C45H53F3N12O6/c1-54-40-33(3-2-4-34(40)60(45(54)64)35-9-10-38(61)52-44(35)63)56-18-26(19-56)23-66-36-11-13-55(21-31(36)46)17-25-5-7-27(8-6-25)59-22-32(39(53-59)41(47)48)50-43(62)30-16-49-58-14-12-37(51-42(30)58)57-20-29-15-28(57)24-65-29/h2-4,12,14,16,22,25-29,31,35-36,41H,5-11,13,15,17-21,23-24H2,1H3,(H,50,62)(H,52,61,63)/t25?,27?,28-,29-,31-,35?,36+/m1/s1. The van der Waals surface area contributed by atoms with E-state index in [0.717, 1.165) is 62.9 Å². The van der Waals surface area contributed by atoms with E-state index in [0.29, 0.717) is 62.2 Å². The molecule has 6 fully saturated rings. The summed E-state index contributed by atoms with van der Waals surface area (Å²) in [5.74, 6) is -0.158. The quantitative estimate of drug-likeness (QED) is 0.172. The van der Waals surface area contributed by atoms with Gasteiger partial charge >= 0.3 is 5.69 Å². The van der Waals surface area contributed by atoms with Crippen LogP contribution in [0.25, 0.3) is 16.7 Å². The van der Waals surface area contributed by atoms with Crippen LogP contribution in [0, 0.1) is 11.8 Å². The minimum absolute atomic E-state index is 0.0414. The number of aryl methyl sites for hydroxylation is 1. The molecule has 4 aromatic heterocycles. The van der Waals surface area contributed by atoms with Gasteiger partial charge in [0.2, 0.25) is 11.8 Å². The minimum atomic E-state index is -2.89. The third-order valence-electron chi connectivity index (χ3n) is 14.7. The SMILES string of the molecule is Cn1c(=O)n(C2CCC(=O)NC2=O)c2cccc(N3CC(CO[C@H]4CCN(CC5CCC(n6cc(NC(=O)c7cnn8ccc(N9C[C@H]%10C[C@@H]9CO%10)nc78)c(C(F)F)n6)CC5)C[C@H]4F)C3)c21. The number of nitrogens with one attached hydrogen (secondary N) is 2. The van der Waals surface area contributed by atoms with Crippen molar-refractivity contribution in [2.45, 2.75) is 94.3 Å². The second-order valence-electron chi connectivity index (χ2n) is 19.0. The van der Waals surface area contributed by atoms with Gasteiger partial charge in [-0.05, 0) is 69.1 Å². The van der Waals surface area contributed by atoms with E-state index in [1.165, 1.54) is 21.5 Å². The van der Waals surface area contributed by atoms with Gasteiger partial charge in [-0.2, -0.15) is 10.2 Å². The number of imide groups is 1. The fourth-order valence-corrected chi connectivity index (χ4v) is 11.2. The van der Waals surface area contributed by atoms with Gasteiger partial charge in [0.1, 0.15) is 23.6 Å². The highest BCUT2D eigenvalue weighted by molar-refractivity contribution is 6.08. The molecule has 21 heteroatoms. The summed E-state index contributed by atoms with van der Waals surface area (Å²) in [5.41, 5.74) is 1.91. The van der Waals surface area contributed by atoms with E-state index < -0.39 is 42.3 Å². The predicted molar refractivity (Wildman–Crippen MR) is 235 cm³/mol. The van der Waals surface area contributed by atoms with Crippen molar-refractivity contribution in [1.82, 2.24) is 43.7 Å². The van der Waals surface area contributed by atoms with E-state index in [1.54, 1.807) is 22.5 Å². The number of halogens is 3. The lowest BCUT2D eigenvalue weighted by Gasteiger charge is -2.43. The molecule has 0 spiro atoms. The molecule has 3 amide bonds. The van der Waals surface area contributed by atoms with Gasteiger partial charge in [0.05, 0.1) is 66.1 Å². The molecular weight excluding hydrogens is 862 g/mol. The highest BCUT2D eigenvalue weighted by Crippen LogP contribution is 2.38. The van der Waals surface area contributed by atoms with Gasteiger partial charge in [-0.3, -0.25) is 38.4 Å². The molecule has 1 saturated carbocycles. The van der Waals surface area contributed by atoms with Gasteiger partial charge in [-0.25, -0.2) is 27.5 Å². The average Bonchev–Trinajstić information content (AvgIpc) is 4.14. The lowest BCUT2D eigenvalue weighted by molar-refractivity contribution is -0.135. The lowest BCUT2D eigenvalue weighted by Crippen LogP contribution is -2.51. The molecule has 5 aromatic rings. The summed E-state index contributed by atoms with van der Waals surface area (Å²) >= 11 is 0. The molecule has 66 heavy (non-hydrogen) atoms. The van der Waals surface area contributed by atoms with Crippen LogP contribution in [-0.4, -0.2) is 133 Å². The summed E-state index contributed by atoms with van der Waals surface area (Å²) < 4.78 is 62.2. The molecule has 0 radical (unpaired) electrons. The monoisotopic (exact) mass is 914 g/mol. The number of amides is 3. The average molecular weight is 915 g/mol. The van der Waals surface area contributed by atoms with Crippen molar-refractivity contribution in [3.05, 3.63) is 64.6 Å². The number of aromatic nitrogens is 7. The third kappa shape index (κ3) is 7.80. The van der Waals surface area contributed by atoms with Crippen LogP contribution in [0.15, 0.2) is 47.7 Å². The number of ether oxygens (including phenoxy) is 2. The second kappa shape index (κ2) is 17.1. The van der Waals surface area contributed by atoms with Gasteiger partial charge in [-0.1, -0.05) is 6.07 Å². The van der Waals surface area contributed by atoms with Crippen LogP contribution in [0.5, 0.6) is 0 Å². The number of rotatable bonds is 12. The lowest BCUT2D eigenvalue weighted by atomic mass is 9.85. The number of fused-ring (bicyclic) bond motifs is 4. The zero-order chi connectivity index (χ0) is 45.4. The van der Waals surface area contributed by atoms with Crippen LogP contribution in [0.4, 0.5) is 30.4 Å². The van der Waals surface area contributed by atoms with Crippen LogP contribution in [0.3, 0.4) is 0 Å². The number of likely N-dealkylation sites (tertiary alicyclic amines) is 1. The zero-order valence-corrected chi connectivity index (χ0v) is 36.6. The summed E-state index contributed by atoms with van der Waals surface area (Å²) in [6.45, 7) is 4.92. The predicted octanol–water partition coefficient (Wildman–Crippen LogP) is 4.02. The fourth-order valence-electron chi connectivity index (χ4n) is 11.2. The number of morpholine rings is 1. The van der Waals surface area contributed by atoms with Gasteiger partial charge in [0, 0.05) is 71.0 Å². The number of alkyl halides is 3. The third-order valence-corrected chi connectivity index (χ3v) is 14.7. The van der Waals surface area contributed by atoms with Crippen molar-refractivity contribution < 1.29 is 37.0 Å². The molecule has 5 saturated heterocycles. The normalized spacial score (nSPS) is 27.4. The Hall–Kier alpha value is -5.80. The molecule has 11 rings (SSSR count). The molecule has 18 nitrogen and oxygen atoms in total. The van der Waals surface area contributed by atoms with Gasteiger partial charge in [-0.15, -0.1) is 0 Å². The number of imidazole rings is 1. The van der Waals surface area contributed by atoms with Crippen molar-refractivity contribution >= 4 is 51.6 Å². The highest BCUT2D eigenvalue weighted by Gasteiger charge is 2.41. The van der Waals surface area contributed by atoms with Crippen LogP contribution < -0.4 is 26.1 Å². The summed E-state index contributed by atoms with van der Waals surface area (Å²) in [4.78, 5) is 62.6. The molecular formula is C45H53F3N12O6. The maximum absolute atomic E-state index is 15.6. The highest BCUT2D eigenvalue weighted by atomic mass is 19.3. The van der Waals surface area contributed by atoms with Crippen LogP contribution in [-0.2, 0) is 26.1 Å². The summed E-state index contributed by atoms with van der Waals surface area (Å²) in [5, 5.41) is 13.6. The zero-order valence-electron chi connectivity index (χ0n) is 36.6. The Balaban J connectivity index is 0.646. The van der Waals surface area contributed by atoms with E-state index in [2.05, 4.69) is 35.5 Å². The maximum Gasteiger partial charge on any atom is 0.329 e. The Kier molecular flexibility index (Phi) is 11.1. The summed E-state index contributed by atoms with van der Waals surface area (Å²) in [6.07, 6.45) is 5.38. The maximum atomic E-state index is 15.6. The topological polar surface area (TPSA) is 178 Å². The Morgan fingerprint density at radius 1 is 1.02 bits per heavy atom. The number of para-hydroxylation sites is 1. The number of anilines is 3. The largest absolute Gasteiger partial charge is 0.375 e. The minimum Gasteiger partial charge on any atom is -0.375 e. The number of hydrogen-bond donors (Lipinski definition) is 2. The van der Waals surface area contributed by atoms with E-state index in [4.69, 9.17) is 14.5 Å². The molecule has 6 aliphatic rings. The van der Waals surface area contributed by atoms with Gasteiger partial charge in [0.15, 0.2) is 11.3 Å². The van der Waals surface area contributed by atoms with Crippen molar-refractivity contribution in [2.75, 3.05) is 67.6 Å². The molecule has 350 valence electrons. The molecule has 1 unspecified atom stereocenters. The first-order valence-electron chi connectivity index (χ1n) is 23.1. The first-order valence-corrected chi connectivity index (χ1v) is 23.1. The van der Waals surface area contributed by atoms with Crippen LogP contribution in [0.2, 0.25) is 0 Å². The van der Waals surface area contributed by atoms with Gasteiger partial charge in [0.25, 0.3) is 12.3 Å². The van der Waals surface area contributed by atoms with E-state index >= 15 is 4.39 Å². The Labute approximate surface area is 377 Å². The Morgan fingerprint density at radius 2 is 1.85 bits per heavy atom. The van der Waals surface area contributed by atoms with Crippen LogP contribution >= 0.6 is 0 Å². The first-order chi connectivity index (χ1) is 31.9. The smallest absolute Gasteiger partial charge is 0.329 e. The summed E-state index contributed by atoms with van der Waals surface area (Å²) in [6, 6.07) is 6.86. The molecule has 1 aliphatic carbocycles. The second-order valence-corrected chi connectivity index (χ2v) is 19.0. The number of piperidine rings is 2. The number of benzene rings is 1. The fraction of sp³-hybridized carbons (Fsp3) is 0.578. The first kappa shape index (κ1) is 42.8.